The SMILES string of the molecule is CCC1C2CNCC2CN1C(C)c1ccsc1. The van der Waals surface area contributed by atoms with Gasteiger partial charge in [-0.1, -0.05) is 6.92 Å². The molecule has 0 aromatic carbocycles. The fraction of sp³-hybridized carbons (Fsp3) is 0.714. The summed E-state index contributed by atoms with van der Waals surface area (Å²) in [6.45, 7) is 8.47. The lowest BCUT2D eigenvalue weighted by Crippen LogP contribution is -2.36. The smallest absolute Gasteiger partial charge is 0.0331 e. The molecule has 0 bridgehead atoms. The molecule has 1 N–H and O–H groups in total. The second kappa shape index (κ2) is 4.71. The number of likely N-dealkylation sites (tertiary alicyclic amines) is 1. The highest BCUT2D eigenvalue weighted by Crippen LogP contribution is 2.39. The average Bonchev–Trinajstić information content (AvgIpc) is 3.03. The van der Waals surface area contributed by atoms with Crippen LogP contribution in [-0.2, 0) is 0 Å². The Morgan fingerprint density at radius 1 is 1.53 bits per heavy atom. The van der Waals surface area contributed by atoms with E-state index in [9.17, 15) is 0 Å². The van der Waals surface area contributed by atoms with Gasteiger partial charge in [-0.05, 0) is 60.7 Å². The van der Waals surface area contributed by atoms with E-state index in [0.717, 1.165) is 17.9 Å². The highest BCUT2D eigenvalue weighted by molar-refractivity contribution is 7.07. The van der Waals surface area contributed by atoms with Gasteiger partial charge in [0, 0.05) is 18.6 Å². The zero-order valence-corrected chi connectivity index (χ0v) is 11.5. The second-order valence-corrected chi connectivity index (χ2v) is 6.27. The fourth-order valence-corrected chi connectivity index (χ4v) is 4.49. The van der Waals surface area contributed by atoms with Crippen molar-refractivity contribution in [1.82, 2.24) is 10.2 Å². The monoisotopic (exact) mass is 250 g/mol. The highest BCUT2D eigenvalue weighted by atomic mass is 32.1. The zero-order chi connectivity index (χ0) is 11.8. The summed E-state index contributed by atoms with van der Waals surface area (Å²) in [5.74, 6) is 1.78. The molecule has 0 saturated carbocycles. The molecule has 2 aliphatic rings. The van der Waals surface area contributed by atoms with Crippen molar-refractivity contribution in [3.63, 3.8) is 0 Å². The molecule has 94 valence electrons. The molecule has 2 saturated heterocycles. The van der Waals surface area contributed by atoms with Gasteiger partial charge in [0.25, 0.3) is 0 Å². The van der Waals surface area contributed by atoms with Crippen LogP contribution in [0.15, 0.2) is 16.8 Å². The molecular weight excluding hydrogens is 228 g/mol. The van der Waals surface area contributed by atoms with Gasteiger partial charge in [-0.25, -0.2) is 0 Å². The number of nitrogens with one attached hydrogen (secondary N) is 1. The Bertz CT molecular complexity index is 362. The molecule has 3 rings (SSSR count). The van der Waals surface area contributed by atoms with E-state index < -0.39 is 0 Å². The Morgan fingerprint density at radius 2 is 2.41 bits per heavy atom. The van der Waals surface area contributed by atoms with Gasteiger partial charge in [-0.3, -0.25) is 4.90 Å². The van der Waals surface area contributed by atoms with Crippen molar-refractivity contribution in [2.24, 2.45) is 11.8 Å². The van der Waals surface area contributed by atoms with Gasteiger partial charge in [0.2, 0.25) is 0 Å². The van der Waals surface area contributed by atoms with E-state index in [2.05, 4.69) is 40.9 Å². The van der Waals surface area contributed by atoms with Gasteiger partial charge in [0.05, 0.1) is 0 Å². The molecule has 0 amide bonds. The topological polar surface area (TPSA) is 15.3 Å². The summed E-state index contributed by atoms with van der Waals surface area (Å²) in [7, 11) is 0. The second-order valence-electron chi connectivity index (χ2n) is 5.49. The first kappa shape index (κ1) is 11.7. The Kier molecular flexibility index (Phi) is 3.24. The Hall–Kier alpha value is -0.380. The van der Waals surface area contributed by atoms with Gasteiger partial charge in [0.15, 0.2) is 0 Å². The number of fused-ring (bicyclic) bond motifs is 1. The number of thiophene rings is 1. The van der Waals surface area contributed by atoms with Crippen molar-refractivity contribution in [3.05, 3.63) is 22.4 Å². The minimum Gasteiger partial charge on any atom is -0.316 e. The number of nitrogens with zero attached hydrogens (tertiary/aromatic N) is 1. The van der Waals surface area contributed by atoms with E-state index in [1.807, 2.05) is 11.3 Å². The van der Waals surface area contributed by atoms with Gasteiger partial charge >= 0.3 is 0 Å². The summed E-state index contributed by atoms with van der Waals surface area (Å²) >= 11 is 1.82. The zero-order valence-electron chi connectivity index (χ0n) is 10.7. The summed E-state index contributed by atoms with van der Waals surface area (Å²) in [6.07, 6.45) is 1.29. The predicted octanol–water partition coefficient (Wildman–Crippen LogP) is 2.74. The maximum Gasteiger partial charge on any atom is 0.0331 e. The minimum atomic E-state index is 0.594. The summed E-state index contributed by atoms with van der Waals surface area (Å²) < 4.78 is 0. The number of rotatable bonds is 3. The molecule has 0 aliphatic carbocycles. The van der Waals surface area contributed by atoms with E-state index in [4.69, 9.17) is 0 Å². The molecule has 2 fully saturated rings. The van der Waals surface area contributed by atoms with E-state index in [1.165, 1.54) is 31.6 Å². The molecule has 1 aromatic heterocycles. The highest BCUT2D eigenvalue weighted by Gasteiger charge is 2.44. The van der Waals surface area contributed by atoms with E-state index >= 15 is 0 Å². The fourth-order valence-electron chi connectivity index (χ4n) is 3.74. The van der Waals surface area contributed by atoms with Crippen LogP contribution >= 0.6 is 11.3 Å². The largest absolute Gasteiger partial charge is 0.316 e. The third-order valence-corrected chi connectivity index (χ3v) is 5.40. The number of hydrogen-bond acceptors (Lipinski definition) is 3. The maximum atomic E-state index is 3.56. The van der Waals surface area contributed by atoms with Crippen LogP contribution in [0.5, 0.6) is 0 Å². The van der Waals surface area contributed by atoms with Crippen LogP contribution in [0.3, 0.4) is 0 Å². The first-order chi connectivity index (χ1) is 8.31. The summed E-state index contributed by atoms with van der Waals surface area (Å²) in [5.41, 5.74) is 1.50. The van der Waals surface area contributed by atoms with Gasteiger partial charge < -0.3 is 5.32 Å². The third-order valence-electron chi connectivity index (χ3n) is 4.70. The van der Waals surface area contributed by atoms with Crippen molar-refractivity contribution < 1.29 is 0 Å². The van der Waals surface area contributed by atoms with E-state index in [0.29, 0.717) is 6.04 Å². The first-order valence-corrected chi connectivity index (χ1v) is 7.74. The van der Waals surface area contributed by atoms with Crippen molar-refractivity contribution in [3.8, 4) is 0 Å². The van der Waals surface area contributed by atoms with Gasteiger partial charge in [-0.15, -0.1) is 0 Å². The summed E-state index contributed by atoms with van der Waals surface area (Å²) in [5, 5.41) is 8.07. The van der Waals surface area contributed by atoms with Crippen molar-refractivity contribution in [2.45, 2.75) is 32.4 Å². The predicted molar refractivity (Wildman–Crippen MR) is 73.4 cm³/mol. The van der Waals surface area contributed by atoms with Crippen molar-refractivity contribution in [2.75, 3.05) is 19.6 Å². The summed E-state index contributed by atoms with van der Waals surface area (Å²) in [6, 6.07) is 3.66. The molecule has 17 heavy (non-hydrogen) atoms. The lowest BCUT2D eigenvalue weighted by atomic mass is 9.92. The number of hydrogen-bond donors (Lipinski definition) is 1. The van der Waals surface area contributed by atoms with Crippen LogP contribution in [0.2, 0.25) is 0 Å². The average molecular weight is 250 g/mol. The van der Waals surface area contributed by atoms with Crippen molar-refractivity contribution >= 4 is 11.3 Å². The molecule has 3 heteroatoms. The lowest BCUT2D eigenvalue weighted by Gasteiger charge is -2.32. The Balaban J connectivity index is 1.79. The Morgan fingerprint density at radius 3 is 3.12 bits per heavy atom. The molecule has 4 unspecified atom stereocenters. The molecule has 1 aromatic rings. The lowest BCUT2D eigenvalue weighted by molar-refractivity contribution is 0.166. The first-order valence-electron chi connectivity index (χ1n) is 6.79. The van der Waals surface area contributed by atoms with Crippen LogP contribution < -0.4 is 5.32 Å². The Labute approximate surface area is 108 Å². The molecule has 0 spiro atoms. The van der Waals surface area contributed by atoms with E-state index in [1.54, 1.807) is 0 Å². The molecule has 2 aliphatic heterocycles. The quantitative estimate of drug-likeness (QED) is 0.887. The molecule has 3 heterocycles. The standard InChI is InChI=1S/C14H22N2S/c1-3-14-13-7-15-6-12(13)8-16(14)10(2)11-4-5-17-9-11/h4-5,9-10,12-15H,3,6-8H2,1-2H3. The van der Waals surface area contributed by atoms with Crippen LogP contribution in [0.4, 0.5) is 0 Å². The normalized spacial score (nSPS) is 35.1. The third kappa shape index (κ3) is 1.94. The van der Waals surface area contributed by atoms with Crippen LogP contribution in [0.1, 0.15) is 31.9 Å². The van der Waals surface area contributed by atoms with Crippen LogP contribution in [-0.4, -0.2) is 30.6 Å². The molecular formula is C14H22N2S. The van der Waals surface area contributed by atoms with E-state index in [-0.39, 0.29) is 0 Å². The molecule has 2 nitrogen and oxygen atoms in total. The van der Waals surface area contributed by atoms with Gasteiger partial charge in [-0.2, -0.15) is 11.3 Å². The van der Waals surface area contributed by atoms with Gasteiger partial charge in [0.1, 0.15) is 0 Å². The molecule has 4 atom stereocenters. The maximum absolute atomic E-state index is 3.56. The van der Waals surface area contributed by atoms with Crippen LogP contribution in [0.25, 0.3) is 0 Å². The summed E-state index contributed by atoms with van der Waals surface area (Å²) in [4.78, 5) is 2.75. The van der Waals surface area contributed by atoms with Crippen molar-refractivity contribution in [1.29, 1.82) is 0 Å². The molecule has 0 radical (unpaired) electrons. The minimum absolute atomic E-state index is 0.594. The van der Waals surface area contributed by atoms with Crippen LogP contribution in [0, 0.1) is 11.8 Å².